The van der Waals surface area contributed by atoms with Crippen LogP contribution in [0.3, 0.4) is 0 Å². The highest BCUT2D eigenvalue weighted by molar-refractivity contribution is 7.89. The molecule has 0 amide bonds. The fourth-order valence-electron chi connectivity index (χ4n) is 1.75. The fraction of sp³-hybridized carbons (Fsp3) is 0.133. The van der Waals surface area contributed by atoms with Crippen molar-refractivity contribution in [2.45, 2.75) is 4.90 Å². The zero-order valence-electron chi connectivity index (χ0n) is 12.6. The molecule has 0 spiro atoms. The largest absolute Gasteiger partial charge is 0.420 e. The lowest BCUT2D eigenvalue weighted by molar-refractivity contribution is 0.0735. The third kappa shape index (κ3) is 4.02. The van der Waals surface area contributed by atoms with Gasteiger partial charge >= 0.3 is 5.97 Å². The molecule has 0 bridgehead atoms. The van der Waals surface area contributed by atoms with Gasteiger partial charge in [-0.15, -0.1) is 0 Å². The van der Waals surface area contributed by atoms with E-state index < -0.39 is 16.0 Å². The van der Waals surface area contributed by atoms with Crippen molar-refractivity contribution in [3.8, 4) is 5.75 Å². The number of carbonyl (C=O) groups excluding carboxylic acids is 1. The number of sulfonamides is 1. The second kappa shape index (κ2) is 7.29. The average molecular weight is 409 g/mol. The predicted octanol–water partition coefficient (Wildman–Crippen LogP) is 4.12. The van der Waals surface area contributed by atoms with Crippen LogP contribution in [-0.4, -0.2) is 32.8 Å². The second-order valence-corrected chi connectivity index (χ2v) is 8.30. The maximum Gasteiger partial charge on any atom is 0.343 e. The van der Waals surface area contributed by atoms with Crippen molar-refractivity contribution < 1.29 is 17.9 Å². The summed E-state index contributed by atoms with van der Waals surface area (Å²) in [5.74, 6) is -0.743. The first-order valence-electron chi connectivity index (χ1n) is 6.52. The van der Waals surface area contributed by atoms with Crippen LogP contribution in [0.25, 0.3) is 0 Å². The molecule has 24 heavy (non-hydrogen) atoms. The molecule has 0 aliphatic heterocycles. The Bertz CT molecular complexity index is 857. The summed E-state index contributed by atoms with van der Waals surface area (Å²) in [5, 5.41) is 0.489. The van der Waals surface area contributed by atoms with Crippen molar-refractivity contribution in [3.63, 3.8) is 0 Å². The molecule has 0 atom stereocenters. The first-order valence-corrected chi connectivity index (χ1v) is 9.09. The summed E-state index contributed by atoms with van der Waals surface area (Å²) in [5.41, 5.74) is 0.148. The van der Waals surface area contributed by atoms with Gasteiger partial charge in [-0.25, -0.2) is 17.5 Å². The summed E-state index contributed by atoms with van der Waals surface area (Å²) in [6, 6.07) is 8.11. The Morgan fingerprint density at radius 2 is 1.50 bits per heavy atom. The zero-order valence-corrected chi connectivity index (χ0v) is 15.7. The number of nitrogens with zero attached hydrogens (tertiary/aromatic N) is 1. The van der Waals surface area contributed by atoms with Crippen LogP contribution < -0.4 is 4.74 Å². The second-order valence-electron chi connectivity index (χ2n) is 4.90. The van der Waals surface area contributed by atoms with E-state index in [2.05, 4.69) is 0 Å². The third-order valence-corrected chi connectivity index (χ3v) is 5.64. The van der Waals surface area contributed by atoms with Crippen LogP contribution in [0, 0.1) is 0 Å². The minimum atomic E-state index is -3.57. The lowest BCUT2D eigenvalue weighted by Crippen LogP contribution is -2.22. The van der Waals surface area contributed by atoms with E-state index in [0.717, 1.165) is 4.31 Å². The molecule has 0 fully saturated rings. The van der Waals surface area contributed by atoms with Crippen LogP contribution >= 0.6 is 34.8 Å². The molecule has 5 nitrogen and oxygen atoms in total. The van der Waals surface area contributed by atoms with Gasteiger partial charge in [0.2, 0.25) is 10.0 Å². The van der Waals surface area contributed by atoms with Crippen LogP contribution in [0.4, 0.5) is 0 Å². The molecule has 2 aromatic rings. The summed E-state index contributed by atoms with van der Waals surface area (Å²) >= 11 is 17.7. The number of hydrogen-bond donors (Lipinski definition) is 0. The average Bonchev–Trinajstić information content (AvgIpc) is 2.50. The van der Waals surface area contributed by atoms with Gasteiger partial charge in [-0.2, -0.15) is 0 Å². The molecule has 0 N–H and O–H groups in total. The molecule has 0 radical (unpaired) electrons. The maximum atomic E-state index is 12.2. The van der Waals surface area contributed by atoms with Crippen molar-refractivity contribution in [2.75, 3.05) is 14.1 Å². The van der Waals surface area contributed by atoms with Crippen LogP contribution in [0.15, 0.2) is 41.3 Å². The highest BCUT2D eigenvalue weighted by atomic mass is 35.5. The molecule has 9 heteroatoms. The van der Waals surface area contributed by atoms with Gasteiger partial charge in [0.15, 0.2) is 5.75 Å². The number of benzene rings is 2. The molecule has 0 aromatic heterocycles. The molecular weight excluding hydrogens is 397 g/mol. The van der Waals surface area contributed by atoms with Gasteiger partial charge in [0, 0.05) is 19.1 Å². The summed E-state index contributed by atoms with van der Waals surface area (Å²) in [6.45, 7) is 0. The molecule has 0 unspecified atom stereocenters. The smallest absolute Gasteiger partial charge is 0.343 e. The number of hydrogen-bond acceptors (Lipinski definition) is 4. The lowest BCUT2D eigenvalue weighted by Gasteiger charge is -2.12. The molecule has 2 rings (SSSR count). The van der Waals surface area contributed by atoms with Crippen LogP contribution in [0.1, 0.15) is 10.4 Å². The van der Waals surface area contributed by atoms with Crippen LogP contribution in [0.2, 0.25) is 15.1 Å². The highest BCUT2D eigenvalue weighted by Gasteiger charge is 2.19. The maximum absolute atomic E-state index is 12.2. The Morgan fingerprint density at radius 3 is 1.96 bits per heavy atom. The minimum Gasteiger partial charge on any atom is -0.420 e. The van der Waals surface area contributed by atoms with Crippen molar-refractivity contribution >= 4 is 50.8 Å². The SMILES string of the molecule is CN(C)S(=O)(=O)c1ccc(C(=O)Oc2c(Cl)cc(Cl)cc2Cl)cc1. The molecule has 128 valence electrons. The summed E-state index contributed by atoms with van der Waals surface area (Å²) < 4.78 is 30.2. The van der Waals surface area contributed by atoms with Crippen molar-refractivity contribution in [1.29, 1.82) is 0 Å². The Morgan fingerprint density at radius 1 is 1.00 bits per heavy atom. The van der Waals surface area contributed by atoms with Gasteiger partial charge in [-0.1, -0.05) is 34.8 Å². The number of rotatable bonds is 4. The first kappa shape index (κ1) is 19.0. The Kier molecular flexibility index (Phi) is 5.78. The zero-order chi connectivity index (χ0) is 18.1. The van der Waals surface area contributed by atoms with Gasteiger partial charge in [0.05, 0.1) is 20.5 Å². The minimum absolute atomic E-state index is 0.0160. The third-order valence-electron chi connectivity index (χ3n) is 3.03. The summed E-state index contributed by atoms with van der Waals surface area (Å²) in [6.07, 6.45) is 0. The lowest BCUT2D eigenvalue weighted by atomic mass is 10.2. The normalized spacial score (nSPS) is 11.6. The van der Waals surface area contributed by atoms with E-state index in [1.54, 1.807) is 0 Å². The Balaban J connectivity index is 2.26. The molecule has 0 heterocycles. The monoisotopic (exact) mass is 407 g/mol. The number of esters is 1. The van der Waals surface area contributed by atoms with E-state index in [9.17, 15) is 13.2 Å². The Hall–Kier alpha value is -1.31. The summed E-state index contributed by atoms with van der Waals surface area (Å²) in [4.78, 5) is 12.2. The van der Waals surface area contributed by atoms with E-state index in [-0.39, 0.29) is 26.3 Å². The highest BCUT2D eigenvalue weighted by Crippen LogP contribution is 2.36. The van der Waals surface area contributed by atoms with Gasteiger partial charge < -0.3 is 4.74 Å². The molecule has 0 saturated heterocycles. The van der Waals surface area contributed by atoms with Gasteiger partial charge in [-0.3, -0.25) is 0 Å². The topological polar surface area (TPSA) is 63.7 Å². The Labute approximate surface area is 154 Å². The molecule has 0 aliphatic rings. The molecular formula is C15H12Cl3NO4S. The molecule has 0 saturated carbocycles. The first-order chi connectivity index (χ1) is 11.1. The van der Waals surface area contributed by atoms with E-state index >= 15 is 0 Å². The van der Waals surface area contributed by atoms with E-state index in [1.165, 1.54) is 50.5 Å². The van der Waals surface area contributed by atoms with Crippen molar-refractivity contribution in [1.82, 2.24) is 4.31 Å². The van der Waals surface area contributed by atoms with E-state index in [1.807, 2.05) is 0 Å². The predicted molar refractivity (Wildman–Crippen MR) is 93.7 cm³/mol. The molecule has 0 aliphatic carbocycles. The van der Waals surface area contributed by atoms with Crippen LogP contribution in [-0.2, 0) is 10.0 Å². The number of ether oxygens (including phenoxy) is 1. The van der Waals surface area contributed by atoms with Gasteiger partial charge in [0.1, 0.15) is 0 Å². The molecule has 2 aromatic carbocycles. The quantitative estimate of drug-likeness (QED) is 0.564. The van der Waals surface area contributed by atoms with E-state index in [4.69, 9.17) is 39.5 Å². The standard InChI is InChI=1S/C15H12Cl3NO4S/c1-19(2)24(21,22)11-5-3-9(4-6-11)15(20)23-14-12(17)7-10(16)8-13(14)18/h3-8H,1-2H3. The van der Waals surface area contributed by atoms with E-state index in [0.29, 0.717) is 5.02 Å². The summed E-state index contributed by atoms with van der Waals surface area (Å²) in [7, 11) is -0.735. The number of carbonyl (C=O) groups is 1. The van der Waals surface area contributed by atoms with Gasteiger partial charge in [-0.05, 0) is 36.4 Å². The van der Waals surface area contributed by atoms with Gasteiger partial charge in [0.25, 0.3) is 0 Å². The van der Waals surface area contributed by atoms with Crippen LogP contribution in [0.5, 0.6) is 5.75 Å². The fourth-order valence-corrected chi connectivity index (χ4v) is 3.55. The van der Waals surface area contributed by atoms with Crippen molar-refractivity contribution in [3.05, 3.63) is 57.0 Å². The number of halogens is 3. The van der Waals surface area contributed by atoms with Crippen molar-refractivity contribution in [2.24, 2.45) is 0 Å².